The fraction of sp³-hybridized carbons (Fsp3) is 0.125. The van der Waals surface area contributed by atoms with Gasteiger partial charge in [-0.3, -0.25) is 4.79 Å². The molecule has 2 aromatic rings. The molecule has 18 heavy (non-hydrogen) atoms. The van der Waals surface area contributed by atoms with Gasteiger partial charge in [-0.2, -0.15) is 21.6 Å². The number of hydrogen-bond acceptors (Lipinski definition) is 5. The smallest absolute Gasteiger partial charge is 0.375 e. The SMILES string of the molecule is O=c1cc(OS(=O)(=O)C(F)(F)F)c2cscc2[nH]1. The molecule has 1 N–H and O–H groups in total. The van der Waals surface area contributed by atoms with Gasteiger partial charge in [0.05, 0.1) is 10.9 Å². The summed E-state index contributed by atoms with van der Waals surface area (Å²) in [6, 6.07) is 0.651. The van der Waals surface area contributed by atoms with Crippen molar-refractivity contribution in [3.05, 3.63) is 27.2 Å². The highest BCUT2D eigenvalue weighted by Gasteiger charge is 2.48. The molecule has 0 aliphatic carbocycles. The molecule has 0 aliphatic heterocycles. The molecule has 0 atom stereocenters. The van der Waals surface area contributed by atoms with Crippen LogP contribution in [0.2, 0.25) is 0 Å². The minimum absolute atomic E-state index is 0.0902. The Morgan fingerprint density at radius 1 is 1.28 bits per heavy atom. The Morgan fingerprint density at radius 3 is 2.56 bits per heavy atom. The Hall–Kier alpha value is -1.55. The average molecular weight is 299 g/mol. The van der Waals surface area contributed by atoms with E-state index in [0.29, 0.717) is 6.07 Å². The molecular formula is C8H4F3NO4S2. The molecule has 0 amide bonds. The van der Waals surface area contributed by atoms with E-state index in [2.05, 4.69) is 9.17 Å². The van der Waals surface area contributed by atoms with Crippen molar-refractivity contribution in [3.8, 4) is 5.75 Å². The van der Waals surface area contributed by atoms with Crippen LogP contribution < -0.4 is 9.74 Å². The van der Waals surface area contributed by atoms with E-state index in [4.69, 9.17) is 0 Å². The molecule has 2 heterocycles. The summed E-state index contributed by atoms with van der Waals surface area (Å²) < 4.78 is 62.1. The summed E-state index contributed by atoms with van der Waals surface area (Å²) >= 11 is 1.08. The van der Waals surface area contributed by atoms with E-state index in [9.17, 15) is 26.4 Å². The molecule has 5 nitrogen and oxygen atoms in total. The van der Waals surface area contributed by atoms with Gasteiger partial charge >= 0.3 is 15.6 Å². The summed E-state index contributed by atoms with van der Waals surface area (Å²) in [7, 11) is -5.79. The first kappa shape index (κ1) is 12.9. The molecule has 0 fully saturated rings. The Kier molecular flexibility index (Phi) is 2.86. The third-order valence-electron chi connectivity index (χ3n) is 1.93. The highest BCUT2D eigenvalue weighted by molar-refractivity contribution is 7.88. The third kappa shape index (κ3) is 2.20. The molecule has 0 saturated carbocycles. The van der Waals surface area contributed by atoms with E-state index in [1.165, 1.54) is 10.8 Å². The molecule has 0 unspecified atom stereocenters. The van der Waals surface area contributed by atoms with E-state index in [-0.39, 0.29) is 10.9 Å². The van der Waals surface area contributed by atoms with Crippen LogP contribution in [0.3, 0.4) is 0 Å². The van der Waals surface area contributed by atoms with Crippen LogP contribution in [0.4, 0.5) is 13.2 Å². The fourth-order valence-electron chi connectivity index (χ4n) is 1.18. The van der Waals surface area contributed by atoms with Gasteiger partial charge in [0.15, 0.2) is 5.75 Å². The molecule has 10 heteroatoms. The number of alkyl halides is 3. The highest BCUT2D eigenvalue weighted by atomic mass is 32.2. The van der Waals surface area contributed by atoms with Gasteiger partial charge in [-0.15, -0.1) is 11.3 Å². The monoisotopic (exact) mass is 299 g/mol. The number of fused-ring (bicyclic) bond motifs is 1. The molecule has 0 radical (unpaired) electrons. The molecule has 2 aromatic heterocycles. The number of thiophene rings is 1. The minimum atomic E-state index is -5.79. The van der Waals surface area contributed by atoms with Crippen molar-refractivity contribution in [2.75, 3.05) is 0 Å². The Bertz CT molecular complexity index is 744. The quantitative estimate of drug-likeness (QED) is 0.678. The summed E-state index contributed by atoms with van der Waals surface area (Å²) in [5.41, 5.74) is -6.09. The van der Waals surface area contributed by atoms with Gasteiger partial charge in [-0.25, -0.2) is 0 Å². The number of hydrogen-bond donors (Lipinski definition) is 1. The van der Waals surface area contributed by atoms with Crippen LogP contribution in [0.25, 0.3) is 10.9 Å². The van der Waals surface area contributed by atoms with Crippen LogP contribution >= 0.6 is 11.3 Å². The first-order valence-corrected chi connectivity index (χ1v) is 6.66. The lowest BCUT2D eigenvalue weighted by Gasteiger charge is -2.09. The maximum Gasteiger partial charge on any atom is 0.534 e. The topological polar surface area (TPSA) is 76.2 Å². The second-order valence-corrected chi connectivity index (χ2v) is 5.46. The Morgan fingerprint density at radius 2 is 1.94 bits per heavy atom. The van der Waals surface area contributed by atoms with Crippen LogP contribution in [-0.4, -0.2) is 18.9 Å². The lowest BCUT2D eigenvalue weighted by atomic mass is 10.3. The van der Waals surface area contributed by atoms with E-state index >= 15 is 0 Å². The van der Waals surface area contributed by atoms with E-state index in [1.807, 2.05) is 0 Å². The lowest BCUT2D eigenvalue weighted by molar-refractivity contribution is -0.0499. The third-order valence-corrected chi connectivity index (χ3v) is 3.64. The molecular weight excluding hydrogens is 295 g/mol. The van der Waals surface area contributed by atoms with E-state index in [0.717, 1.165) is 11.3 Å². The van der Waals surface area contributed by atoms with Crippen molar-refractivity contribution in [3.63, 3.8) is 0 Å². The largest absolute Gasteiger partial charge is 0.534 e. The zero-order valence-electron chi connectivity index (χ0n) is 8.32. The van der Waals surface area contributed by atoms with Gasteiger partial charge in [-0.05, 0) is 0 Å². The highest BCUT2D eigenvalue weighted by Crippen LogP contribution is 2.31. The molecule has 0 spiro atoms. The summed E-state index contributed by atoms with van der Waals surface area (Å²) in [4.78, 5) is 13.5. The van der Waals surface area contributed by atoms with Crippen LogP contribution in [0.15, 0.2) is 21.6 Å². The number of aromatic amines is 1. The van der Waals surface area contributed by atoms with Gasteiger partial charge in [-0.1, -0.05) is 0 Å². The predicted octanol–water partition coefficient (Wildman–Crippen LogP) is 1.82. The summed E-state index contributed by atoms with van der Waals surface area (Å²) in [6.07, 6.45) is 0. The maximum atomic E-state index is 12.1. The van der Waals surface area contributed by atoms with Gasteiger partial charge in [0.25, 0.3) is 5.56 Å². The summed E-state index contributed by atoms with van der Waals surface area (Å²) in [6.45, 7) is 0. The second-order valence-electron chi connectivity index (χ2n) is 3.18. The van der Waals surface area contributed by atoms with Crippen LogP contribution in [0.1, 0.15) is 0 Å². The Balaban J connectivity index is 2.57. The van der Waals surface area contributed by atoms with Gasteiger partial charge in [0.1, 0.15) is 0 Å². The van der Waals surface area contributed by atoms with Crippen molar-refractivity contribution in [1.29, 1.82) is 0 Å². The zero-order chi connectivity index (χ0) is 13.6. The molecule has 0 saturated heterocycles. The lowest BCUT2D eigenvalue weighted by Crippen LogP contribution is -2.28. The second kappa shape index (κ2) is 3.99. The molecule has 98 valence electrons. The van der Waals surface area contributed by atoms with Gasteiger partial charge < -0.3 is 9.17 Å². The van der Waals surface area contributed by atoms with Crippen LogP contribution in [-0.2, 0) is 10.1 Å². The van der Waals surface area contributed by atoms with Crippen molar-refractivity contribution in [2.24, 2.45) is 0 Å². The van der Waals surface area contributed by atoms with Crippen molar-refractivity contribution < 1.29 is 25.8 Å². The van der Waals surface area contributed by atoms with Gasteiger partial charge in [0.2, 0.25) is 0 Å². The molecule has 2 rings (SSSR count). The molecule has 0 aromatic carbocycles. The van der Waals surface area contributed by atoms with Gasteiger partial charge in [0, 0.05) is 16.8 Å². The number of nitrogens with one attached hydrogen (secondary N) is 1. The van der Waals surface area contributed by atoms with Crippen LogP contribution in [0, 0.1) is 0 Å². The number of aromatic nitrogens is 1. The number of H-pyrrole nitrogens is 1. The summed E-state index contributed by atoms with van der Waals surface area (Å²) in [5, 5.41) is 2.91. The van der Waals surface area contributed by atoms with Crippen molar-refractivity contribution in [1.82, 2.24) is 4.98 Å². The number of pyridine rings is 1. The molecule has 0 aliphatic rings. The Labute approximate surface area is 102 Å². The predicted molar refractivity (Wildman–Crippen MR) is 58.0 cm³/mol. The van der Waals surface area contributed by atoms with Crippen molar-refractivity contribution >= 4 is 32.4 Å². The zero-order valence-corrected chi connectivity index (χ0v) is 9.95. The van der Waals surface area contributed by atoms with E-state index < -0.39 is 26.9 Å². The fourth-order valence-corrected chi connectivity index (χ4v) is 2.42. The van der Waals surface area contributed by atoms with Crippen molar-refractivity contribution in [2.45, 2.75) is 5.51 Å². The number of halogens is 3. The maximum absolute atomic E-state index is 12.1. The van der Waals surface area contributed by atoms with Crippen LogP contribution in [0.5, 0.6) is 5.75 Å². The standard InChI is InChI=1S/C8H4F3NO4S2/c9-8(10,11)18(14,15)16-6-1-7(13)12-5-3-17-2-4(5)6/h1-3H,(H,12,13). The first-order valence-electron chi connectivity index (χ1n) is 4.31. The summed E-state index contributed by atoms with van der Waals surface area (Å²) in [5.74, 6) is -0.646. The first-order chi connectivity index (χ1) is 8.21. The molecule has 0 bridgehead atoms. The normalized spacial score (nSPS) is 12.8. The minimum Gasteiger partial charge on any atom is -0.375 e. The van der Waals surface area contributed by atoms with E-state index in [1.54, 1.807) is 0 Å². The number of rotatable bonds is 2. The average Bonchev–Trinajstić information content (AvgIpc) is 2.62.